The van der Waals surface area contributed by atoms with E-state index in [0.29, 0.717) is 16.5 Å². The maximum Gasteiger partial charge on any atom is 0.264 e. The Hall–Kier alpha value is -2.29. The second-order valence-electron chi connectivity index (χ2n) is 5.22. The number of sulfonamides is 1. The molecule has 1 amide bonds. The number of rotatable bonds is 7. The molecule has 0 spiro atoms. The minimum Gasteiger partial charge on any atom is -0.352 e. The van der Waals surface area contributed by atoms with Crippen LogP contribution in [0.1, 0.15) is 15.9 Å². The normalized spacial score (nSPS) is 11.5. The molecule has 0 aliphatic carbocycles. The van der Waals surface area contributed by atoms with Gasteiger partial charge in [0, 0.05) is 19.2 Å². The van der Waals surface area contributed by atoms with Crippen LogP contribution in [0, 0.1) is 5.82 Å². The Morgan fingerprint density at radius 2 is 1.92 bits per heavy atom. The minimum atomic E-state index is -3.83. The summed E-state index contributed by atoms with van der Waals surface area (Å²) < 4.78 is 38.6. The summed E-state index contributed by atoms with van der Waals surface area (Å²) >= 11 is 0. The van der Waals surface area contributed by atoms with Gasteiger partial charge in [0.25, 0.3) is 15.9 Å². The number of carbonyl (C=O) groups excluding carboxylic acids is 1. The second-order valence-corrected chi connectivity index (χ2v) is 7.16. The fourth-order valence-electron chi connectivity index (χ4n) is 2.16. The molecule has 0 aromatic heterocycles. The Morgan fingerprint density at radius 1 is 1.20 bits per heavy atom. The maximum absolute atomic E-state index is 13.5. The van der Waals surface area contributed by atoms with E-state index in [9.17, 15) is 17.6 Å². The number of carbonyl (C=O) groups is 1. The molecule has 0 saturated heterocycles. The lowest BCUT2D eigenvalue weighted by Gasteiger charge is -2.14. The SMILES string of the molecule is CON(C)S(=O)(=O)c1cccc(C(=O)NCCc2ccccc2F)c1. The molecular weight excluding hydrogens is 347 g/mol. The summed E-state index contributed by atoms with van der Waals surface area (Å²) in [6, 6.07) is 11.9. The lowest BCUT2D eigenvalue weighted by Crippen LogP contribution is -2.28. The van der Waals surface area contributed by atoms with Crippen molar-refractivity contribution >= 4 is 15.9 Å². The molecule has 6 nitrogen and oxygen atoms in total. The molecule has 25 heavy (non-hydrogen) atoms. The van der Waals surface area contributed by atoms with Crippen LogP contribution in [0.15, 0.2) is 53.4 Å². The predicted octanol–water partition coefficient (Wildman–Crippen LogP) is 1.98. The molecule has 0 aliphatic rings. The number of halogens is 1. The van der Waals surface area contributed by atoms with E-state index in [1.54, 1.807) is 18.2 Å². The van der Waals surface area contributed by atoms with Crippen LogP contribution in [0.5, 0.6) is 0 Å². The largest absolute Gasteiger partial charge is 0.352 e. The standard InChI is InChI=1S/C17H19FN2O4S/c1-20(24-2)25(22,23)15-8-5-7-14(12-15)17(21)19-11-10-13-6-3-4-9-16(13)18/h3-9,12H,10-11H2,1-2H3,(H,19,21). The molecular formula is C17H19FN2O4S. The highest BCUT2D eigenvalue weighted by Crippen LogP contribution is 2.16. The quantitative estimate of drug-likeness (QED) is 0.761. The van der Waals surface area contributed by atoms with Crippen LogP contribution in [-0.2, 0) is 21.3 Å². The fourth-order valence-corrected chi connectivity index (χ4v) is 3.18. The molecule has 0 saturated carbocycles. The van der Waals surface area contributed by atoms with Crippen LogP contribution >= 0.6 is 0 Å². The third-order valence-corrected chi connectivity index (χ3v) is 5.30. The first-order valence-electron chi connectivity index (χ1n) is 7.51. The van der Waals surface area contributed by atoms with Gasteiger partial charge in [0.2, 0.25) is 0 Å². The molecule has 1 N–H and O–H groups in total. The topological polar surface area (TPSA) is 75.7 Å². The molecule has 0 radical (unpaired) electrons. The highest BCUT2D eigenvalue weighted by atomic mass is 32.2. The fraction of sp³-hybridized carbons (Fsp3) is 0.235. The molecule has 0 atom stereocenters. The summed E-state index contributed by atoms with van der Waals surface area (Å²) in [6.45, 7) is 0.231. The summed E-state index contributed by atoms with van der Waals surface area (Å²) in [5.41, 5.74) is 0.694. The molecule has 2 rings (SSSR count). The van der Waals surface area contributed by atoms with Gasteiger partial charge in [-0.05, 0) is 36.2 Å². The van der Waals surface area contributed by atoms with Gasteiger partial charge in [-0.2, -0.15) is 0 Å². The van der Waals surface area contributed by atoms with Crippen molar-refractivity contribution in [3.05, 3.63) is 65.5 Å². The van der Waals surface area contributed by atoms with E-state index >= 15 is 0 Å². The molecule has 8 heteroatoms. The van der Waals surface area contributed by atoms with Crippen LogP contribution in [0.2, 0.25) is 0 Å². The first-order chi connectivity index (χ1) is 11.9. The van der Waals surface area contributed by atoms with Gasteiger partial charge in [0.1, 0.15) is 5.82 Å². The predicted molar refractivity (Wildman–Crippen MR) is 90.8 cm³/mol. The van der Waals surface area contributed by atoms with E-state index in [1.165, 1.54) is 44.5 Å². The Kier molecular flexibility index (Phi) is 6.24. The van der Waals surface area contributed by atoms with E-state index < -0.39 is 15.9 Å². The lowest BCUT2D eigenvalue weighted by atomic mass is 10.1. The minimum absolute atomic E-state index is 0.0568. The number of hydroxylamine groups is 1. The van der Waals surface area contributed by atoms with Crippen LogP contribution in [-0.4, -0.2) is 39.5 Å². The highest BCUT2D eigenvalue weighted by Gasteiger charge is 2.21. The van der Waals surface area contributed by atoms with Crippen molar-refractivity contribution in [1.29, 1.82) is 0 Å². The first kappa shape index (κ1) is 19.0. The van der Waals surface area contributed by atoms with Crippen LogP contribution in [0.25, 0.3) is 0 Å². The summed E-state index contributed by atoms with van der Waals surface area (Å²) in [7, 11) is -1.34. The number of hydrogen-bond donors (Lipinski definition) is 1. The van der Waals surface area contributed by atoms with Crippen molar-refractivity contribution in [3.63, 3.8) is 0 Å². The molecule has 2 aromatic carbocycles. The average molecular weight is 366 g/mol. The van der Waals surface area contributed by atoms with E-state index in [1.807, 2.05) is 0 Å². The van der Waals surface area contributed by atoms with Gasteiger partial charge in [-0.1, -0.05) is 28.7 Å². The monoisotopic (exact) mass is 366 g/mol. The molecule has 2 aromatic rings. The van der Waals surface area contributed by atoms with Crippen molar-refractivity contribution in [3.8, 4) is 0 Å². The summed E-state index contributed by atoms with van der Waals surface area (Å²) in [5.74, 6) is -0.763. The highest BCUT2D eigenvalue weighted by molar-refractivity contribution is 7.89. The van der Waals surface area contributed by atoms with Crippen LogP contribution in [0.4, 0.5) is 4.39 Å². The van der Waals surface area contributed by atoms with Gasteiger partial charge >= 0.3 is 0 Å². The molecule has 0 fully saturated rings. The summed E-state index contributed by atoms with van der Waals surface area (Å²) in [6.07, 6.45) is 0.336. The van der Waals surface area contributed by atoms with Gasteiger partial charge in [0.15, 0.2) is 0 Å². The van der Waals surface area contributed by atoms with E-state index in [4.69, 9.17) is 4.84 Å². The van der Waals surface area contributed by atoms with Crippen molar-refractivity contribution < 1.29 is 22.4 Å². The van der Waals surface area contributed by atoms with Gasteiger partial charge in [0.05, 0.1) is 12.0 Å². The zero-order valence-corrected chi connectivity index (χ0v) is 14.7. The van der Waals surface area contributed by atoms with Crippen molar-refractivity contribution in [1.82, 2.24) is 9.79 Å². The number of hydrogen-bond acceptors (Lipinski definition) is 4. The molecule has 134 valence electrons. The average Bonchev–Trinajstić information content (AvgIpc) is 2.62. The van der Waals surface area contributed by atoms with Gasteiger partial charge < -0.3 is 5.32 Å². The summed E-state index contributed by atoms with van der Waals surface area (Å²) in [5, 5.41) is 2.65. The number of benzene rings is 2. The van der Waals surface area contributed by atoms with Crippen LogP contribution in [0.3, 0.4) is 0 Å². The van der Waals surface area contributed by atoms with Crippen molar-refractivity contribution in [2.24, 2.45) is 0 Å². The van der Waals surface area contributed by atoms with Gasteiger partial charge in [-0.3, -0.25) is 9.63 Å². The number of nitrogens with zero attached hydrogens (tertiary/aromatic N) is 1. The zero-order chi connectivity index (χ0) is 18.4. The van der Waals surface area contributed by atoms with E-state index in [-0.39, 0.29) is 22.8 Å². The Balaban J connectivity index is 2.05. The third kappa shape index (κ3) is 4.62. The van der Waals surface area contributed by atoms with Gasteiger partial charge in [-0.15, -0.1) is 0 Å². The summed E-state index contributed by atoms with van der Waals surface area (Å²) in [4.78, 5) is 16.8. The molecule has 0 heterocycles. The molecule has 0 aliphatic heterocycles. The van der Waals surface area contributed by atoms with E-state index in [0.717, 1.165) is 0 Å². The second kappa shape index (κ2) is 8.19. The lowest BCUT2D eigenvalue weighted by molar-refractivity contribution is -0.0258. The number of amides is 1. The Labute approximate surface area is 146 Å². The van der Waals surface area contributed by atoms with Gasteiger partial charge in [-0.25, -0.2) is 12.8 Å². The Morgan fingerprint density at radius 3 is 2.60 bits per heavy atom. The maximum atomic E-state index is 13.5. The molecule has 0 unspecified atom stereocenters. The Bertz CT molecular complexity index is 855. The van der Waals surface area contributed by atoms with Crippen molar-refractivity contribution in [2.75, 3.05) is 20.7 Å². The van der Waals surface area contributed by atoms with Crippen LogP contribution < -0.4 is 5.32 Å². The first-order valence-corrected chi connectivity index (χ1v) is 8.95. The van der Waals surface area contributed by atoms with Crippen molar-refractivity contribution in [2.45, 2.75) is 11.3 Å². The van der Waals surface area contributed by atoms with E-state index in [2.05, 4.69) is 5.32 Å². The number of nitrogens with one attached hydrogen (secondary N) is 1. The third-order valence-electron chi connectivity index (χ3n) is 3.63. The zero-order valence-electron chi connectivity index (χ0n) is 13.9. The smallest absolute Gasteiger partial charge is 0.264 e. The molecule has 0 bridgehead atoms.